The van der Waals surface area contributed by atoms with Gasteiger partial charge < -0.3 is 14.6 Å². The van der Waals surface area contributed by atoms with E-state index in [0.717, 1.165) is 19.3 Å². The minimum absolute atomic E-state index is 0.00582. The Morgan fingerprint density at radius 3 is 2.41 bits per heavy atom. The Morgan fingerprint density at radius 1 is 1.05 bits per heavy atom. The van der Waals surface area contributed by atoms with Gasteiger partial charge in [0.1, 0.15) is 0 Å². The van der Waals surface area contributed by atoms with Crippen molar-refractivity contribution >= 4 is 5.57 Å². The van der Waals surface area contributed by atoms with E-state index in [1.54, 1.807) is 0 Å². The molecule has 1 unspecified atom stereocenters. The molecule has 0 amide bonds. The molecule has 2 aliphatic carbocycles. The standard InChI is InChI=1S/C19H24O3/c1-17-8-9-18(2,20)16(13-17)19(21-10-11-22-19)12-15(17)14-6-4-3-5-7-14/h3-7,12,16,20H,8-11,13H2,1-2H3/t16-,17-,18?/m1/s1. The third-order valence-electron chi connectivity index (χ3n) is 5.89. The van der Waals surface area contributed by atoms with Gasteiger partial charge in [0, 0.05) is 5.92 Å². The molecule has 1 aliphatic heterocycles. The summed E-state index contributed by atoms with van der Waals surface area (Å²) >= 11 is 0. The molecule has 1 saturated carbocycles. The number of aliphatic hydroxyl groups is 1. The first kappa shape index (κ1) is 14.4. The van der Waals surface area contributed by atoms with Crippen LogP contribution in [0.1, 0.15) is 38.7 Å². The molecule has 1 saturated heterocycles. The number of hydrogen-bond acceptors (Lipinski definition) is 3. The van der Waals surface area contributed by atoms with Gasteiger partial charge in [0.2, 0.25) is 0 Å². The van der Waals surface area contributed by atoms with Crippen LogP contribution in [-0.4, -0.2) is 29.7 Å². The lowest BCUT2D eigenvalue weighted by Gasteiger charge is -2.55. The molecule has 4 rings (SSSR count). The smallest absolute Gasteiger partial charge is 0.194 e. The van der Waals surface area contributed by atoms with E-state index in [2.05, 4.69) is 37.3 Å². The second-order valence-electron chi connectivity index (χ2n) is 7.52. The Labute approximate surface area is 131 Å². The van der Waals surface area contributed by atoms with Crippen molar-refractivity contribution in [1.82, 2.24) is 0 Å². The minimum atomic E-state index is -0.755. The van der Waals surface area contributed by atoms with Gasteiger partial charge in [-0.3, -0.25) is 0 Å². The van der Waals surface area contributed by atoms with Crippen LogP contribution in [0.15, 0.2) is 36.4 Å². The highest BCUT2D eigenvalue weighted by Crippen LogP contribution is 2.60. The number of hydrogen-bond donors (Lipinski definition) is 1. The Bertz CT molecular complexity index is 598. The Morgan fingerprint density at radius 2 is 1.73 bits per heavy atom. The maximum absolute atomic E-state index is 10.9. The second kappa shape index (κ2) is 4.67. The topological polar surface area (TPSA) is 38.7 Å². The second-order valence-corrected chi connectivity index (χ2v) is 7.52. The van der Waals surface area contributed by atoms with Crippen molar-refractivity contribution in [2.24, 2.45) is 11.3 Å². The van der Waals surface area contributed by atoms with Crippen LogP contribution in [0, 0.1) is 11.3 Å². The monoisotopic (exact) mass is 300 g/mol. The van der Waals surface area contributed by atoms with Crippen LogP contribution in [0.4, 0.5) is 0 Å². The first-order chi connectivity index (χ1) is 10.5. The summed E-state index contributed by atoms with van der Waals surface area (Å²) in [5.41, 5.74) is 1.89. The van der Waals surface area contributed by atoms with Gasteiger partial charge >= 0.3 is 0 Å². The van der Waals surface area contributed by atoms with E-state index in [0.29, 0.717) is 13.2 Å². The fourth-order valence-electron chi connectivity index (χ4n) is 4.55. The van der Waals surface area contributed by atoms with Gasteiger partial charge in [-0.05, 0) is 48.8 Å². The molecule has 3 heteroatoms. The first-order valence-corrected chi connectivity index (χ1v) is 8.24. The zero-order chi connectivity index (χ0) is 15.4. The summed E-state index contributed by atoms with van der Waals surface area (Å²) in [5, 5.41) is 10.9. The Hall–Kier alpha value is -1.16. The van der Waals surface area contributed by atoms with Crippen LogP contribution >= 0.6 is 0 Å². The van der Waals surface area contributed by atoms with E-state index in [9.17, 15) is 5.11 Å². The lowest BCUT2D eigenvalue weighted by molar-refractivity contribution is -0.229. The van der Waals surface area contributed by atoms with Crippen molar-refractivity contribution in [2.45, 2.75) is 44.5 Å². The van der Waals surface area contributed by atoms with Gasteiger partial charge in [0.15, 0.2) is 5.79 Å². The third-order valence-corrected chi connectivity index (χ3v) is 5.89. The molecule has 1 aromatic carbocycles. The molecule has 2 bridgehead atoms. The third kappa shape index (κ3) is 1.99. The van der Waals surface area contributed by atoms with Crippen molar-refractivity contribution in [3.63, 3.8) is 0 Å². The first-order valence-electron chi connectivity index (χ1n) is 8.24. The quantitative estimate of drug-likeness (QED) is 0.864. The lowest BCUT2D eigenvalue weighted by Crippen LogP contribution is -2.58. The fraction of sp³-hybridized carbons (Fsp3) is 0.579. The number of ether oxygens (including phenoxy) is 2. The molecule has 2 fully saturated rings. The summed E-state index contributed by atoms with van der Waals surface area (Å²) < 4.78 is 12.1. The Kier molecular flexibility index (Phi) is 3.06. The van der Waals surface area contributed by atoms with Gasteiger partial charge in [0.25, 0.3) is 0 Å². The van der Waals surface area contributed by atoms with Crippen molar-refractivity contribution in [3.05, 3.63) is 42.0 Å². The number of fused-ring (bicyclic) bond motifs is 3. The van der Waals surface area contributed by atoms with Crippen molar-refractivity contribution in [1.29, 1.82) is 0 Å². The van der Waals surface area contributed by atoms with E-state index in [-0.39, 0.29) is 11.3 Å². The average molecular weight is 300 g/mol. The predicted molar refractivity (Wildman–Crippen MR) is 85.1 cm³/mol. The SMILES string of the molecule is CC1(O)CC[C@]2(C)C[C@H]1C1(C=C2c2ccccc2)OCCO1. The van der Waals surface area contributed by atoms with E-state index in [1.165, 1.54) is 11.1 Å². The van der Waals surface area contributed by atoms with Crippen LogP contribution in [0.3, 0.4) is 0 Å². The summed E-state index contributed by atoms with van der Waals surface area (Å²) in [6, 6.07) is 10.5. The molecule has 1 aromatic rings. The molecule has 0 aromatic heterocycles. The molecular weight excluding hydrogens is 276 g/mol. The summed E-state index contributed by atoms with van der Waals surface area (Å²) in [4.78, 5) is 0. The molecule has 1 heterocycles. The van der Waals surface area contributed by atoms with Crippen molar-refractivity contribution in [3.8, 4) is 0 Å². The Balaban J connectivity index is 1.88. The highest BCUT2D eigenvalue weighted by molar-refractivity contribution is 5.72. The summed E-state index contributed by atoms with van der Waals surface area (Å²) in [6.45, 7) is 5.45. The normalized spacial score (nSPS) is 39.8. The van der Waals surface area contributed by atoms with Crippen LogP contribution in [0.2, 0.25) is 0 Å². The molecule has 3 nitrogen and oxygen atoms in total. The van der Waals surface area contributed by atoms with Gasteiger partial charge in [0.05, 0.1) is 18.8 Å². The number of rotatable bonds is 1. The van der Waals surface area contributed by atoms with E-state index < -0.39 is 11.4 Å². The number of allylic oxidation sites excluding steroid dienone is 1. The van der Waals surface area contributed by atoms with E-state index >= 15 is 0 Å². The van der Waals surface area contributed by atoms with Gasteiger partial charge in [-0.25, -0.2) is 0 Å². The molecule has 3 atom stereocenters. The van der Waals surface area contributed by atoms with Gasteiger partial charge in [-0.2, -0.15) is 0 Å². The predicted octanol–water partition coefficient (Wildman–Crippen LogP) is 3.38. The van der Waals surface area contributed by atoms with E-state index in [1.807, 2.05) is 13.0 Å². The molecule has 3 aliphatic rings. The largest absolute Gasteiger partial charge is 0.390 e. The van der Waals surface area contributed by atoms with Gasteiger partial charge in [-0.1, -0.05) is 37.3 Å². The molecule has 1 spiro atoms. The maximum Gasteiger partial charge on any atom is 0.194 e. The van der Waals surface area contributed by atoms with Crippen molar-refractivity contribution in [2.75, 3.05) is 13.2 Å². The van der Waals surface area contributed by atoms with Crippen LogP contribution in [0.25, 0.3) is 5.57 Å². The minimum Gasteiger partial charge on any atom is -0.390 e. The van der Waals surface area contributed by atoms with E-state index in [4.69, 9.17) is 9.47 Å². The summed E-state index contributed by atoms with van der Waals surface area (Å²) in [5.74, 6) is -0.761. The zero-order valence-electron chi connectivity index (χ0n) is 13.3. The van der Waals surface area contributed by atoms with Crippen molar-refractivity contribution < 1.29 is 14.6 Å². The summed E-state index contributed by atoms with van der Waals surface area (Å²) in [7, 11) is 0. The lowest BCUT2D eigenvalue weighted by atomic mass is 9.55. The number of benzene rings is 1. The average Bonchev–Trinajstić information content (AvgIpc) is 2.97. The van der Waals surface area contributed by atoms with Crippen LogP contribution in [-0.2, 0) is 9.47 Å². The van der Waals surface area contributed by atoms with Crippen LogP contribution < -0.4 is 0 Å². The maximum atomic E-state index is 10.9. The molecule has 1 N–H and O–H groups in total. The highest BCUT2D eigenvalue weighted by Gasteiger charge is 2.60. The fourth-order valence-corrected chi connectivity index (χ4v) is 4.55. The molecule has 22 heavy (non-hydrogen) atoms. The molecule has 118 valence electrons. The van der Waals surface area contributed by atoms with Gasteiger partial charge in [-0.15, -0.1) is 0 Å². The summed E-state index contributed by atoms with van der Waals surface area (Å²) in [6.07, 6.45) is 4.85. The molecular formula is C19H24O3. The molecule has 0 radical (unpaired) electrons. The zero-order valence-corrected chi connectivity index (χ0v) is 13.3. The van der Waals surface area contributed by atoms with Crippen LogP contribution in [0.5, 0.6) is 0 Å². The highest BCUT2D eigenvalue weighted by atomic mass is 16.7.